The fourth-order valence-electron chi connectivity index (χ4n) is 5.98. The number of piperidine rings is 3. The maximum atomic E-state index is 13.9. The summed E-state index contributed by atoms with van der Waals surface area (Å²) in [5, 5.41) is 3.79. The second kappa shape index (κ2) is 7.80. The summed E-state index contributed by atoms with van der Waals surface area (Å²) in [5.74, 6) is 0.777. The highest BCUT2D eigenvalue weighted by Gasteiger charge is 2.38. The van der Waals surface area contributed by atoms with Crippen molar-refractivity contribution in [2.75, 3.05) is 6.54 Å². The Morgan fingerprint density at radius 3 is 2.80 bits per heavy atom. The first kappa shape index (κ1) is 19.7. The second-order valence-electron chi connectivity index (χ2n) is 9.40. The molecule has 6 heteroatoms. The average molecular weight is 409 g/mol. The Bertz CT molecular complexity index is 1020. The van der Waals surface area contributed by atoms with Crippen molar-refractivity contribution in [2.24, 2.45) is 5.92 Å². The Balaban J connectivity index is 1.64. The number of carbonyl (C=O) groups excluding carboxylic acids is 1. The van der Waals surface area contributed by atoms with E-state index < -0.39 is 0 Å². The van der Waals surface area contributed by atoms with Gasteiger partial charge in [0.2, 0.25) is 5.91 Å². The fourth-order valence-corrected chi connectivity index (χ4v) is 5.98. The predicted molar refractivity (Wildman–Crippen MR) is 117 cm³/mol. The van der Waals surface area contributed by atoms with Crippen LogP contribution in [0.2, 0.25) is 0 Å². The van der Waals surface area contributed by atoms with Crippen LogP contribution in [0.25, 0.3) is 11.0 Å². The number of hydrogen-bond donors (Lipinski definition) is 1. The molecule has 5 rings (SSSR count). The van der Waals surface area contributed by atoms with E-state index in [1.807, 2.05) is 40.7 Å². The quantitative estimate of drug-likeness (QED) is 0.843. The number of nitrogens with zero attached hydrogens (tertiary/aromatic N) is 3. The molecule has 0 aliphatic carbocycles. The molecule has 1 aromatic heterocycles. The first-order valence-electron chi connectivity index (χ1n) is 11.6. The summed E-state index contributed by atoms with van der Waals surface area (Å²) >= 11 is 0. The number of nitrogens with one attached hydrogen (secondary N) is 1. The van der Waals surface area contributed by atoms with Crippen molar-refractivity contribution in [3.63, 3.8) is 0 Å². The van der Waals surface area contributed by atoms with E-state index >= 15 is 0 Å². The van der Waals surface area contributed by atoms with Gasteiger partial charge in [-0.3, -0.25) is 9.59 Å². The zero-order valence-electron chi connectivity index (χ0n) is 18.0. The van der Waals surface area contributed by atoms with Crippen LogP contribution < -0.4 is 10.9 Å². The number of fused-ring (bicyclic) bond motifs is 3. The molecule has 5 unspecified atom stereocenters. The van der Waals surface area contributed by atoms with Gasteiger partial charge in [0.25, 0.3) is 5.56 Å². The summed E-state index contributed by atoms with van der Waals surface area (Å²) in [6.07, 6.45) is 6.62. The molecule has 3 aliphatic rings. The molecule has 6 nitrogen and oxygen atoms in total. The Labute approximate surface area is 177 Å². The number of aromatic nitrogens is 2. The number of likely N-dealkylation sites (tertiary alicyclic amines) is 1. The molecule has 2 aromatic rings. The van der Waals surface area contributed by atoms with E-state index in [-0.39, 0.29) is 23.6 Å². The molecule has 30 heavy (non-hydrogen) atoms. The van der Waals surface area contributed by atoms with Gasteiger partial charge >= 0.3 is 0 Å². The van der Waals surface area contributed by atoms with Crippen LogP contribution in [0.15, 0.2) is 29.1 Å². The topological polar surface area (TPSA) is 67.2 Å². The summed E-state index contributed by atoms with van der Waals surface area (Å²) in [7, 11) is 0. The minimum Gasteiger partial charge on any atom is -0.334 e. The average Bonchev–Trinajstić information content (AvgIpc) is 2.76. The molecule has 0 spiro atoms. The lowest BCUT2D eigenvalue weighted by Crippen LogP contribution is -2.53. The van der Waals surface area contributed by atoms with E-state index in [9.17, 15) is 9.59 Å². The second-order valence-corrected chi connectivity index (χ2v) is 9.40. The molecular weight excluding hydrogens is 376 g/mol. The fraction of sp³-hybridized carbons (Fsp3) is 0.625. The van der Waals surface area contributed by atoms with Crippen LogP contribution in [-0.2, 0) is 4.79 Å². The van der Waals surface area contributed by atoms with Crippen LogP contribution in [0.1, 0.15) is 76.6 Å². The largest absolute Gasteiger partial charge is 0.334 e. The van der Waals surface area contributed by atoms with Gasteiger partial charge < -0.3 is 14.8 Å². The standard InChI is InChI=1S/C24H32N4O2/c1-3-27-21(9-6-10-22(27)29)23-24(30)28(20-8-5-4-7-18(20)26-23)17-13-16-12-11-15(2)19(14-17)25-16/h4-5,7-8,15-17,19,21,25H,3,6,9-14H2,1-2H3. The normalized spacial score (nSPS) is 31.9. The molecule has 2 bridgehead atoms. The van der Waals surface area contributed by atoms with Gasteiger partial charge in [0.1, 0.15) is 5.69 Å². The Morgan fingerprint density at radius 2 is 1.97 bits per heavy atom. The number of amides is 1. The minimum absolute atomic E-state index is 0.00414. The predicted octanol–water partition coefficient (Wildman–Crippen LogP) is 3.56. The Morgan fingerprint density at radius 1 is 1.13 bits per heavy atom. The monoisotopic (exact) mass is 408 g/mol. The molecule has 4 heterocycles. The van der Waals surface area contributed by atoms with Crippen LogP contribution >= 0.6 is 0 Å². The van der Waals surface area contributed by atoms with Gasteiger partial charge in [0.05, 0.1) is 17.1 Å². The molecule has 3 fully saturated rings. The summed E-state index contributed by atoms with van der Waals surface area (Å²) in [5.41, 5.74) is 2.34. The van der Waals surface area contributed by atoms with Crippen molar-refractivity contribution in [1.29, 1.82) is 0 Å². The summed E-state index contributed by atoms with van der Waals surface area (Å²) in [6.45, 7) is 4.93. The van der Waals surface area contributed by atoms with E-state index in [0.29, 0.717) is 36.7 Å². The van der Waals surface area contributed by atoms with Crippen molar-refractivity contribution >= 4 is 16.9 Å². The highest BCUT2D eigenvalue weighted by Crippen LogP contribution is 2.37. The zero-order chi connectivity index (χ0) is 20.8. The van der Waals surface area contributed by atoms with Crippen LogP contribution in [0.5, 0.6) is 0 Å². The van der Waals surface area contributed by atoms with Crippen molar-refractivity contribution in [2.45, 2.75) is 83.0 Å². The van der Waals surface area contributed by atoms with Crippen molar-refractivity contribution < 1.29 is 4.79 Å². The van der Waals surface area contributed by atoms with Crippen LogP contribution in [0, 0.1) is 5.92 Å². The van der Waals surface area contributed by atoms with Gasteiger partial charge in [-0.05, 0) is 63.5 Å². The van der Waals surface area contributed by atoms with Crippen molar-refractivity contribution in [1.82, 2.24) is 19.8 Å². The molecule has 1 amide bonds. The molecule has 3 saturated heterocycles. The maximum absolute atomic E-state index is 13.9. The van der Waals surface area contributed by atoms with Gasteiger partial charge in [-0.2, -0.15) is 0 Å². The van der Waals surface area contributed by atoms with Gasteiger partial charge in [0, 0.05) is 31.1 Å². The first-order valence-corrected chi connectivity index (χ1v) is 11.6. The number of rotatable bonds is 3. The summed E-state index contributed by atoms with van der Waals surface area (Å²) in [4.78, 5) is 33.1. The molecular formula is C24H32N4O2. The third kappa shape index (κ3) is 3.25. The Kier molecular flexibility index (Phi) is 5.13. The minimum atomic E-state index is -0.209. The van der Waals surface area contributed by atoms with Gasteiger partial charge in [-0.1, -0.05) is 19.1 Å². The molecule has 0 radical (unpaired) electrons. The third-order valence-corrected chi connectivity index (χ3v) is 7.60. The number of benzene rings is 1. The van der Waals surface area contributed by atoms with E-state index in [2.05, 4.69) is 12.2 Å². The summed E-state index contributed by atoms with van der Waals surface area (Å²) in [6, 6.07) is 8.92. The van der Waals surface area contributed by atoms with Crippen molar-refractivity contribution in [3.8, 4) is 0 Å². The Hall–Kier alpha value is -2.21. The zero-order valence-corrected chi connectivity index (χ0v) is 18.0. The lowest BCUT2D eigenvalue weighted by Gasteiger charge is -2.44. The van der Waals surface area contributed by atoms with Crippen LogP contribution in [0.4, 0.5) is 0 Å². The van der Waals surface area contributed by atoms with E-state index in [4.69, 9.17) is 4.98 Å². The number of para-hydroxylation sites is 2. The molecule has 160 valence electrons. The third-order valence-electron chi connectivity index (χ3n) is 7.60. The van der Waals surface area contributed by atoms with E-state index in [0.717, 1.165) is 36.7 Å². The number of hydrogen-bond acceptors (Lipinski definition) is 4. The van der Waals surface area contributed by atoms with Crippen molar-refractivity contribution in [3.05, 3.63) is 40.3 Å². The SMILES string of the molecule is CCN1C(=O)CCCC1c1nc2ccccc2n(C2CC3CCC(C)C(C2)N3)c1=O. The van der Waals surface area contributed by atoms with Crippen LogP contribution in [0.3, 0.4) is 0 Å². The van der Waals surface area contributed by atoms with E-state index in [1.165, 1.54) is 12.8 Å². The molecule has 1 N–H and O–H groups in total. The molecule has 0 saturated carbocycles. The smallest absolute Gasteiger partial charge is 0.275 e. The molecule has 5 atom stereocenters. The van der Waals surface area contributed by atoms with Gasteiger partial charge in [-0.25, -0.2) is 4.98 Å². The summed E-state index contributed by atoms with van der Waals surface area (Å²) < 4.78 is 2.03. The van der Waals surface area contributed by atoms with Gasteiger partial charge in [-0.15, -0.1) is 0 Å². The highest BCUT2D eigenvalue weighted by atomic mass is 16.2. The highest BCUT2D eigenvalue weighted by molar-refractivity contribution is 5.78. The lowest BCUT2D eigenvalue weighted by atomic mass is 9.78. The molecule has 1 aromatic carbocycles. The number of carbonyl (C=O) groups is 1. The lowest BCUT2D eigenvalue weighted by molar-refractivity contribution is -0.136. The first-order chi connectivity index (χ1) is 14.6. The maximum Gasteiger partial charge on any atom is 0.275 e. The van der Waals surface area contributed by atoms with Gasteiger partial charge in [0.15, 0.2) is 0 Å². The van der Waals surface area contributed by atoms with Crippen LogP contribution in [-0.4, -0.2) is 39.0 Å². The molecule has 3 aliphatic heterocycles. The van der Waals surface area contributed by atoms with E-state index in [1.54, 1.807) is 0 Å².